The molecule has 0 saturated carbocycles. The molecule has 2 aromatic rings. The molecular weight excluding hydrogens is 320 g/mol. The summed E-state index contributed by atoms with van der Waals surface area (Å²) in [5.41, 5.74) is 1.88. The molecule has 0 atom stereocenters. The second kappa shape index (κ2) is 6.85. The minimum atomic E-state index is -3.62. The van der Waals surface area contributed by atoms with Crippen molar-refractivity contribution in [2.45, 2.75) is 0 Å². The number of hydrogen-bond acceptors (Lipinski definition) is 3. The minimum absolute atomic E-state index is 0.440. The van der Waals surface area contributed by atoms with Crippen molar-refractivity contribution < 1.29 is 8.42 Å². The molecule has 0 amide bonds. The van der Waals surface area contributed by atoms with Gasteiger partial charge in [-0.25, -0.2) is 8.42 Å². The van der Waals surface area contributed by atoms with E-state index < -0.39 is 10.0 Å². The molecule has 0 heterocycles. The lowest BCUT2D eigenvalue weighted by Crippen LogP contribution is -2.15. The largest absolute Gasteiger partial charge is 0.375 e. The van der Waals surface area contributed by atoms with Crippen LogP contribution >= 0.6 is 11.6 Å². The van der Waals surface area contributed by atoms with Crippen LogP contribution in [0.25, 0.3) is 6.08 Å². The van der Waals surface area contributed by atoms with Gasteiger partial charge in [0.15, 0.2) is 0 Å². The molecule has 1 N–H and O–H groups in total. The fourth-order valence-electron chi connectivity index (χ4n) is 1.97. The van der Waals surface area contributed by atoms with Gasteiger partial charge < -0.3 is 4.90 Å². The highest BCUT2D eigenvalue weighted by molar-refractivity contribution is 7.95. The van der Waals surface area contributed by atoms with Gasteiger partial charge in [0.1, 0.15) is 0 Å². The normalized spacial score (nSPS) is 11.6. The van der Waals surface area contributed by atoms with Gasteiger partial charge in [0.05, 0.1) is 21.8 Å². The lowest BCUT2D eigenvalue weighted by molar-refractivity contribution is 0.609. The molecule has 2 aromatic carbocycles. The average molecular weight is 337 g/mol. The third-order valence-corrected chi connectivity index (χ3v) is 4.23. The van der Waals surface area contributed by atoms with Crippen molar-refractivity contribution in [2.75, 3.05) is 23.7 Å². The van der Waals surface area contributed by atoms with Crippen LogP contribution in [0.2, 0.25) is 5.02 Å². The Balaban J connectivity index is 2.27. The molecule has 0 bridgehead atoms. The fourth-order valence-corrected chi connectivity index (χ4v) is 3.19. The molecular formula is C16H17ClN2O2S. The first kappa shape index (κ1) is 16.4. The molecule has 0 unspecified atom stereocenters. The number of nitrogens with zero attached hydrogens (tertiary/aromatic N) is 1. The van der Waals surface area contributed by atoms with E-state index in [1.807, 2.05) is 30.3 Å². The standard InChI is InChI=1S/C16H17ClN2O2S/c1-19(2)16-14(17)9-6-10-15(16)18-22(20,21)12-11-13-7-4-3-5-8-13/h3-12,18H,1-2H3. The number of hydrogen-bond donors (Lipinski definition) is 1. The van der Waals surface area contributed by atoms with E-state index in [4.69, 9.17) is 11.6 Å². The summed E-state index contributed by atoms with van der Waals surface area (Å²) >= 11 is 6.13. The molecule has 0 aliphatic heterocycles. The summed E-state index contributed by atoms with van der Waals surface area (Å²) in [5.74, 6) is 0. The number of para-hydroxylation sites is 1. The Kier molecular flexibility index (Phi) is 5.11. The molecule has 0 radical (unpaired) electrons. The van der Waals surface area contributed by atoms with E-state index in [1.165, 1.54) is 0 Å². The number of benzene rings is 2. The van der Waals surface area contributed by atoms with Gasteiger partial charge in [0.25, 0.3) is 10.0 Å². The maximum atomic E-state index is 12.2. The van der Waals surface area contributed by atoms with Crippen LogP contribution in [0.3, 0.4) is 0 Å². The van der Waals surface area contributed by atoms with Gasteiger partial charge >= 0.3 is 0 Å². The van der Waals surface area contributed by atoms with Crippen LogP contribution in [0, 0.1) is 0 Å². The lowest BCUT2D eigenvalue weighted by atomic mass is 10.2. The van der Waals surface area contributed by atoms with Crippen molar-refractivity contribution in [2.24, 2.45) is 0 Å². The molecule has 116 valence electrons. The monoisotopic (exact) mass is 336 g/mol. The van der Waals surface area contributed by atoms with Crippen molar-refractivity contribution in [1.29, 1.82) is 0 Å². The van der Waals surface area contributed by atoms with Crippen LogP contribution in [0.4, 0.5) is 11.4 Å². The summed E-state index contributed by atoms with van der Waals surface area (Å²) in [6.45, 7) is 0. The van der Waals surface area contributed by atoms with Crippen LogP contribution in [-0.4, -0.2) is 22.5 Å². The molecule has 0 fully saturated rings. The van der Waals surface area contributed by atoms with Gasteiger partial charge in [-0.3, -0.25) is 4.72 Å². The van der Waals surface area contributed by atoms with E-state index in [2.05, 4.69) is 4.72 Å². The second-order valence-corrected chi connectivity index (χ2v) is 6.86. The Hall–Kier alpha value is -1.98. The predicted molar refractivity (Wildman–Crippen MR) is 93.8 cm³/mol. The van der Waals surface area contributed by atoms with E-state index in [9.17, 15) is 8.42 Å². The Labute approximate surface area is 136 Å². The molecule has 0 saturated heterocycles. The number of halogens is 1. The van der Waals surface area contributed by atoms with Crippen molar-refractivity contribution in [3.63, 3.8) is 0 Å². The van der Waals surface area contributed by atoms with Gasteiger partial charge in [-0.1, -0.05) is 48.0 Å². The van der Waals surface area contributed by atoms with Crippen LogP contribution in [0.5, 0.6) is 0 Å². The average Bonchev–Trinajstić information content (AvgIpc) is 2.45. The molecule has 0 aliphatic rings. The number of sulfonamides is 1. The van der Waals surface area contributed by atoms with E-state index in [0.717, 1.165) is 11.0 Å². The molecule has 6 heteroatoms. The van der Waals surface area contributed by atoms with Crippen molar-refractivity contribution >= 4 is 39.1 Å². The number of rotatable bonds is 5. The highest BCUT2D eigenvalue weighted by Crippen LogP contribution is 2.33. The van der Waals surface area contributed by atoms with Gasteiger partial charge in [0.2, 0.25) is 0 Å². The Bertz CT molecular complexity index is 772. The third-order valence-electron chi connectivity index (χ3n) is 2.93. The molecule has 0 spiro atoms. The quantitative estimate of drug-likeness (QED) is 0.903. The molecule has 4 nitrogen and oxygen atoms in total. The van der Waals surface area contributed by atoms with Gasteiger partial charge in [-0.15, -0.1) is 0 Å². The van der Waals surface area contributed by atoms with E-state index in [1.54, 1.807) is 43.3 Å². The molecule has 22 heavy (non-hydrogen) atoms. The smallest absolute Gasteiger partial charge is 0.255 e. The topological polar surface area (TPSA) is 49.4 Å². The van der Waals surface area contributed by atoms with Gasteiger partial charge in [-0.05, 0) is 23.8 Å². The van der Waals surface area contributed by atoms with Crippen molar-refractivity contribution in [3.8, 4) is 0 Å². The van der Waals surface area contributed by atoms with Crippen LogP contribution in [-0.2, 0) is 10.0 Å². The zero-order valence-electron chi connectivity index (χ0n) is 12.3. The Morgan fingerprint density at radius 2 is 1.73 bits per heavy atom. The van der Waals surface area contributed by atoms with Crippen molar-refractivity contribution in [3.05, 3.63) is 64.5 Å². The summed E-state index contributed by atoms with van der Waals surface area (Å²) in [7, 11) is -0.0127. The van der Waals surface area contributed by atoms with E-state index in [0.29, 0.717) is 16.4 Å². The lowest BCUT2D eigenvalue weighted by Gasteiger charge is -2.19. The first-order valence-electron chi connectivity index (χ1n) is 6.61. The highest BCUT2D eigenvalue weighted by Gasteiger charge is 2.13. The molecule has 0 aliphatic carbocycles. The summed E-state index contributed by atoms with van der Waals surface area (Å²) < 4.78 is 26.9. The Morgan fingerprint density at radius 3 is 2.36 bits per heavy atom. The minimum Gasteiger partial charge on any atom is -0.375 e. The van der Waals surface area contributed by atoms with Gasteiger partial charge in [0, 0.05) is 14.1 Å². The van der Waals surface area contributed by atoms with Crippen LogP contribution < -0.4 is 9.62 Å². The Morgan fingerprint density at radius 1 is 1.05 bits per heavy atom. The maximum Gasteiger partial charge on any atom is 0.255 e. The first-order chi connectivity index (χ1) is 10.4. The predicted octanol–water partition coefficient (Wildman–Crippen LogP) is 3.82. The summed E-state index contributed by atoms with van der Waals surface area (Å²) in [6.07, 6.45) is 1.54. The highest BCUT2D eigenvalue weighted by atomic mass is 35.5. The summed E-state index contributed by atoms with van der Waals surface area (Å²) in [5, 5.41) is 1.63. The van der Waals surface area contributed by atoms with E-state index in [-0.39, 0.29) is 0 Å². The summed E-state index contributed by atoms with van der Waals surface area (Å²) in [6, 6.07) is 14.3. The maximum absolute atomic E-state index is 12.2. The number of nitrogens with one attached hydrogen (secondary N) is 1. The summed E-state index contributed by atoms with van der Waals surface area (Å²) in [4.78, 5) is 1.76. The third kappa shape index (κ3) is 4.26. The van der Waals surface area contributed by atoms with Gasteiger partial charge in [-0.2, -0.15) is 0 Å². The van der Waals surface area contributed by atoms with Crippen LogP contribution in [0.1, 0.15) is 5.56 Å². The molecule has 2 rings (SSSR count). The zero-order valence-corrected chi connectivity index (χ0v) is 13.9. The second-order valence-electron chi connectivity index (χ2n) is 4.89. The molecule has 0 aromatic heterocycles. The zero-order chi connectivity index (χ0) is 16.2. The number of anilines is 2. The first-order valence-corrected chi connectivity index (χ1v) is 8.53. The van der Waals surface area contributed by atoms with E-state index >= 15 is 0 Å². The fraction of sp³-hybridized carbons (Fsp3) is 0.125. The SMILES string of the molecule is CN(C)c1c(Cl)cccc1NS(=O)(=O)C=Cc1ccccc1. The van der Waals surface area contributed by atoms with Crippen LogP contribution in [0.15, 0.2) is 53.9 Å². The van der Waals surface area contributed by atoms with Crippen molar-refractivity contribution in [1.82, 2.24) is 0 Å².